The van der Waals surface area contributed by atoms with E-state index in [9.17, 15) is 0 Å². The zero-order chi connectivity index (χ0) is 6.97. The molecule has 2 saturated heterocycles. The average Bonchev–Trinajstić information content (AvgIpc) is 2.26. The molecule has 0 aromatic carbocycles. The minimum Gasteiger partial charge on any atom is -0.302 e. The van der Waals surface area contributed by atoms with Crippen LogP contribution in [0.5, 0.6) is 0 Å². The van der Waals surface area contributed by atoms with Crippen molar-refractivity contribution < 1.29 is 0 Å². The summed E-state index contributed by atoms with van der Waals surface area (Å²) in [5.41, 5.74) is 0. The number of fused-ring (bicyclic) bond motifs is 2. The molecule has 0 N–H and O–H groups in total. The second kappa shape index (κ2) is 2.25. The molecule has 10 heavy (non-hydrogen) atoms. The number of hydrogen-bond acceptors (Lipinski definition) is 2. The lowest BCUT2D eigenvalue weighted by Crippen LogP contribution is -2.25. The van der Waals surface area contributed by atoms with Gasteiger partial charge >= 0.3 is 0 Å². The highest BCUT2D eigenvalue weighted by atomic mass is 15.2. The molecule has 3 atom stereocenters. The third kappa shape index (κ3) is 0.819. The number of piperidine rings is 1. The van der Waals surface area contributed by atoms with Gasteiger partial charge in [0.15, 0.2) is 0 Å². The topological polar surface area (TPSA) is 27.0 Å². The summed E-state index contributed by atoms with van der Waals surface area (Å²) >= 11 is 0. The molecular formula is C8H12N2. The average molecular weight is 136 g/mol. The monoisotopic (exact) mass is 136 g/mol. The Morgan fingerprint density at radius 2 is 2.30 bits per heavy atom. The summed E-state index contributed by atoms with van der Waals surface area (Å²) in [4.78, 5) is 2.42. The SMILES string of the molecule is N#C[C@H]1CN2CCC[C@H]1C2. The summed E-state index contributed by atoms with van der Waals surface area (Å²) in [6, 6.07) is 2.39. The Bertz CT molecular complexity index is 171. The van der Waals surface area contributed by atoms with Gasteiger partial charge in [0.25, 0.3) is 0 Å². The molecule has 0 aliphatic carbocycles. The summed E-state index contributed by atoms with van der Waals surface area (Å²) in [5, 5.41) is 8.74. The molecule has 0 radical (unpaired) electrons. The van der Waals surface area contributed by atoms with E-state index in [0.29, 0.717) is 11.8 Å². The summed E-state index contributed by atoms with van der Waals surface area (Å²) in [7, 11) is 0. The van der Waals surface area contributed by atoms with Gasteiger partial charge in [0.05, 0.1) is 12.0 Å². The molecule has 0 aromatic rings. The molecular weight excluding hydrogens is 124 g/mol. The molecule has 0 amide bonds. The van der Waals surface area contributed by atoms with E-state index < -0.39 is 0 Å². The molecule has 0 saturated carbocycles. The van der Waals surface area contributed by atoms with Gasteiger partial charge < -0.3 is 4.90 Å². The molecule has 0 aromatic heterocycles. The summed E-state index contributed by atoms with van der Waals surface area (Å²) in [5.74, 6) is 1.06. The van der Waals surface area contributed by atoms with Crippen molar-refractivity contribution >= 4 is 0 Å². The summed E-state index contributed by atoms with van der Waals surface area (Å²) < 4.78 is 0. The molecule has 2 nitrogen and oxygen atoms in total. The Morgan fingerprint density at radius 1 is 1.40 bits per heavy atom. The van der Waals surface area contributed by atoms with E-state index in [2.05, 4.69) is 11.0 Å². The predicted octanol–water partition coefficient (Wildman–Crippen LogP) is 0.852. The Kier molecular flexibility index (Phi) is 1.39. The fourth-order valence-electron chi connectivity index (χ4n) is 2.16. The number of nitriles is 1. The first-order chi connectivity index (χ1) is 4.90. The van der Waals surface area contributed by atoms with Crippen LogP contribution in [0.25, 0.3) is 0 Å². The Hall–Kier alpha value is -0.550. The van der Waals surface area contributed by atoms with E-state index in [0.717, 1.165) is 6.54 Å². The van der Waals surface area contributed by atoms with Gasteiger partial charge in [-0.1, -0.05) is 0 Å². The van der Waals surface area contributed by atoms with Crippen molar-refractivity contribution in [2.75, 3.05) is 19.6 Å². The van der Waals surface area contributed by atoms with Crippen molar-refractivity contribution in [2.45, 2.75) is 12.8 Å². The van der Waals surface area contributed by atoms with E-state index in [1.165, 1.54) is 25.9 Å². The number of hydrogen-bond donors (Lipinski definition) is 0. The first kappa shape index (κ1) is 6.18. The van der Waals surface area contributed by atoms with Crippen LogP contribution in [0.3, 0.4) is 0 Å². The van der Waals surface area contributed by atoms with Crippen LogP contribution in [-0.2, 0) is 0 Å². The molecule has 2 fully saturated rings. The van der Waals surface area contributed by atoms with Gasteiger partial charge in [0, 0.05) is 13.1 Å². The van der Waals surface area contributed by atoms with Crippen molar-refractivity contribution in [1.82, 2.24) is 4.90 Å². The van der Waals surface area contributed by atoms with Crippen LogP contribution < -0.4 is 0 Å². The van der Waals surface area contributed by atoms with Crippen LogP contribution in [0.2, 0.25) is 0 Å². The quantitative estimate of drug-likeness (QED) is 0.493. The van der Waals surface area contributed by atoms with E-state index in [1.807, 2.05) is 0 Å². The smallest absolute Gasteiger partial charge is 0.0672 e. The fraction of sp³-hybridized carbons (Fsp3) is 0.875. The standard InChI is InChI=1S/C8H12N2/c9-4-8-6-10-3-1-2-7(8)5-10/h7-8H,1-3,5-6H2/t7-,8-/m0/s1. The van der Waals surface area contributed by atoms with Crippen molar-refractivity contribution in [2.24, 2.45) is 11.8 Å². The maximum absolute atomic E-state index is 8.74. The minimum atomic E-state index is 0.350. The molecule has 2 rings (SSSR count). The third-order valence-electron chi connectivity index (χ3n) is 2.73. The Morgan fingerprint density at radius 3 is 3.00 bits per heavy atom. The first-order valence-electron chi connectivity index (χ1n) is 4.02. The van der Waals surface area contributed by atoms with Crippen molar-refractivity contribution in [3.63, 3.8) is 0 Å². The highest BCUT2D eigenvalue weighted by Crippen LogP contribution is 2.30. The van der Waals surface area contributed by atoms with E-state index in [-0.39, 0.29) is 0 Å². The zero-order valence-corrected chi connectivity index (χ0v) is 6.08. The van der Waals surface area contributed by atoms with Gasteiger partial charge in [-0.25, -0.2) is 0 Å². The molecule has 0 spiro atoms. The van der Waals surface area contributed by atoms with E-state index in [4.69, 9.17) is 5.26 Å². The molecule has 2 aliphatic rings. The maximum atomic E-state index is 8.74. The lowest BCUT2D eigenvalue weighted by Gasteiger charge is -2.20. The summed E-state index contributed by atoms with van der Waals surface area (Å²) in [6.45, 7) is 3.47. The molecule has 2 heteroatoms. The highest BCUT2D eigenvalue weighted by molar-refractivity contribution is 4.98. The van der Waals surface area contributed by atoms with E-state index >= 15 is 0 Å². The third-order valence-corrected chi connectivity index (χ3v) is 2.73. The lowest BCUT2D eigenvalue weighted by atomic mass is 9.92. The number of rotatable bonds is 0. The molecule has 2 heterocycles. The minimum absolute atomic E-state index is 0.350. The molecule has 54 valence electrons. The van der Waals surface area contributed by atoms with Crippen LogP contribution in [0.15, 0.2) is 0 Å². The normalized spacial score (nSPS) is 44.9. The van der Waals surface area contributed by atoms with Gasteiger partial charge in [-0.05, 0) is 25.3 Å². The second-order valence-electron chi connectivity index (χ2n) is 3.40. The van der Waals surface area contributed by atoms with Gasteiger partial charge in [0.1, 0.15) is 0 Å². The van der Waals surface area contributed by atoms with Gasteiger partial charge in [0.2, 0.25) is 0 Å². The largest absolute Gasteiger partial charge is 0.302 e. The highest BCUT2D eigenvalue weighted by Gasteiger charge is 2.34. The van der Waals surface area contributed by atoms with Crippen LogP contribution in [0.4, 0.5) is 0 Å². The maximum Gasteiger partial charge on any atom is 0.0672 e. The fourth-order valence-corrected chi connectivity index (χ4v) is 2.16. The molecule has 2 bridgehead atoms. The first-order valence-corrected chi connectivity index (χ1v) is 4.02. The predicted molar refractivity (Wildman–Crippen MR) is 38.3 cm³/mol. The van der Waals surface area contributed by atoms with Crippen molar-refractivity contribution in [3.05, 3.63) is 0 Å². The molecule has 1 unspecified atom stereocenters. The Labute approximate surface area is 61.4 Å². The van der Waals surface area contributed by atoms with Gasteiger partial charge in [-0.2, -0.15) is 5.26 Å². The number of nitrogens with zero attached hydrogens (tertiary/aromatic N) is 2. The van der Waals surface area contributed by atoms with Crippen LogP contribution in [-0.4, -0.2) is 24.5 Å². The molecule has 2 aliphatic heterocycles. The van der Waals surface area contributed by atoms with Crippen molar-refractivity contribution in [1.29, 1.82) is 5.26 Å². The van der Waals surface area contributed by atoms with Gasteiger partial charge in [-0.3, -0.25) is 0 Å². The van der Waals surface area contributed by atoms with Crippen LogP contribution in [0.1, 0.15) is 12.8 Å². The zero-order valence-electron chi connectivity index (χ0n) is 6.08. The van der Waals surface area contributed by atoms with Gasteiger partial charge in [-0.15, -0.1) is 0 Å². The summed E-state index contributed by atoms with van der Waals surface area (Å²) in [6.07, 6.45) is 2.59. The van der Waals surface area contributed by atoms with E-state index in [1.54, 1.807) is 0 Å². The van der Waals surface area contributed by atoms with Crippen molar-refractivity contribution in [3.8, 4) is 6.07 Å². The van der Waals surface area contributed by atoms with Crippen LogP contribution in [0, 0.1) is 23.2 Å². The lowest BCUT2D eigenvalue weighted by molar-refractivity contribution is 0.269. The van der Waals surface area contributed by atoms with Crippen LogP contribution >= 0.6 is 0 Å². The second-order valence-corrected chi connectivity index (χ2v) is 3.40. The Balaban J connectivity index is 2.10.